The molecule has 0 N–H and O–H groups in total. The van der Waals surface area contributed by atoms with Crippen LogP contribution in [0.1, 0.15) is 74.9 Å². The van der Waals surface area contributed by atoms with Crippen molar-refractivity contribution in [2.45, 2.75) is 57.8 Å². The third-order valence-corrected chi connectivity index (χ3v) is 14.3. The summed E-state index contributed by atoms with van der Waals surface area (Å²) in [5.41, 5.74) is 23.9. The van der Waals surface area contributed by atoms with Crippen molar-refractivity contribution in [3.63, 3.8) is 0 Å². The van der Waals surface area contributed by atoms with Crippen LogP contribution in [0.4, 0.5) is 17.1 Å². The van der Waals surface area contributed by atoms with Gasteiger partial charge in [0.15, 0.2) is 0 Å². The van der Waals surface area contributed by atoms with Gasteiger partial charge in [-0.2, -0.15) is 0 Å². The van der Waals surface area contributed by atoms with Crippen LogP contribution in [0.25, 0.3) is 55.6 Å². The molecule has 0 heterocycles. The van der Waals surface area contributed by atoms with Crippen LogP contribution in [0.15, 0.2) is 212 Å². The van der Waals surface area contributed by atoms with E-state index in [2.05, 4.69) is 259 Å². The second kappa shape index (κ2) is 15.0. The number of hydrogen-bond acceptors (Lipinski definition) is 1. The first-order valence-electron chi connectivity index (χ1n) is 22.8. The fourth-order valence-corrected chi connectivity index (χ4v) is 10.9. The van der Waals surface area contributed by atoms with Crippen LogP contribution in [-0.2, 0) is 16.2 Å². The number of nitrogens with zero attached hydrogens (tertiary/aromatic N) is 1. The molecule has 2 aliphatic rings. The van der Waals surface area contributed by atoms with Crippen LogP contribution in [0.3, 0.4) is 0 Å². The van der Waals surface area contributed by atoms with Crippen LogP contribution in [0, 0.1) is 0 Å². The van der Waals surface area contributed by atoms with Gasteiger partial charge < -0.3 is 4.90 Å². The minimum absolute atomic E-state index is 0.0768. The van der Waals surface area contributed by atoms with Crippen molar-refractivity contribution in [3.8, 4) is 55.6 Å². The summed E-state index contributed by atoms with van der Waals surface area (Å²) in [7, 11) is 0. The Morgan fingerprint density at radius 1 is 0.359 bits per heavy atom. The molecule has 0 saturated heterocycles. The Balaban J connectivity index is 1.01. The highest BCUT2D eigenvalue weighted by Gasteiger charge is 2.41. The molecule has 0 aromatic heterocycles. The van der Waals surface area contributed by atoms with Crippen molar-refractivity contribution in [1.82, 2.24) is 0 Å². The molecule has 1 unspecified atom stereocenters. The van der Waals surface area contributed by atoms with E-state index in [1.807, 2.05) is 0 Å². The molecule has 64 heavy (non-hydrogen) atoms. The van der Waals surface area contributed by atoms with E-state index in [4.69, 9.17) is 0 Å². The maximum absolute atomic E-state index is 2.44. The molecule has 11 rings (SSSR count). The second-order valence-electron chi connectivity index (χ2n) is 19.5. The lowest BCUT2D eigenvalue weighted by atomic mass is 9.74. The number of fused-ring (bicyclic) bond motifs is 6. The highest BCUT2D eigenvalue weighted by Crippen LogP contribution is 2.54. The topological polar surface area (TPSA) is 3.24 Å². The van der Waals surface area contributed by atoms with Crippen LogP contribution in [0.2, 0.25) is 0 Å². The van der Waals surface area contributed by atoms with E-state index >= 15 is 0 Å². The van der Waals surface area contributed by atoms with Crippen molar-refractivity contribution >= 4 is 17.1 Å². The quantitative estimate of drug-likeness (QED) is 0.155. The van der Waals surface area contributed by atoms with E-state index in [-0.39, 0.29) is 16.2 Å². The van der Waals surface area contributed by atoms with Gasteiger partial charge in [0.25, 0.3) is 0 Å². The third-order valence-electron chi connectivity index (χ3n) is 14.3. The van der Waals surface area contributed by atoms with E-state index in [0.29, 0.717) is 0 Å². The molecular formula is C63H53N. The zero-order valence-electron chi connectivity index (χ0n) is 37.7. The Hall–Kier alpha value is -7.22. The molecule has 0 bridgehead atoms. The van der Waals surface area contributed by atoms with E-state index in [1.54, 1.807) is 0 Å². The minimum Gasteiger partial charge on any atom is -0.310 e. The molecule has 0 aliphatic heterocycles. The summed E-state index contributed by atoms with van der Waals surface area (Å²) in [6.07, 6.45) is 0. The minimum atomic E-state index is -0.250. The van der Waals surface area contributed by atoms with E-state index in [9.17, 15) is 0 Å². The molecule has 9 aromatic rings. The number of anilines is 3. The zero-order valence-corrected chi connectivity index (χ0v) is 37.7. The van der Waals surface area contributed by atoms with Crippen LogP contribution < -0.4 is 4.90 Å². The summed E-state index contributed by atoms with van der Waals surface area (Å²) in [4.78, 5) is 2.43. The van der Waals surface area contributed by atoms with Gasteiger partial charge in [-0.1, -0.05) is 211 Å². The normalized spacial score (nSPS) is 15.5. The number of benzene rings is 9. The fourth-order valence-electron chi connectivity index (χ4n) is 10.9. The highest BCUT2D eigenvalue weighted by molar-refractivity contribution is 5.92. The first-order valence-corrected chi connectivity index (χ1v) is 22.8. The van der Waals surface area contributed by atoms with E-state index in [0.717, 1.165) is 17.1 Å². The molecule has 1 nitrogen and oxygen atoms in total. The summed E-state index contributed by atoms with van der Waals surface area (Å²) >= 11 is 0. The Morgan fingerprint density at radius 3 is 1.52 bits per heavy atom. The largest absolute Gasteiger partial charge is 0.310 e. The zero-order chi connectivity index (χ0) is 43.8. The predicted molar refractivity (Wildman–Crippen MR) is 271 cm³/mol. The maximum Gasteiger partial charge on any atom is 0.0540 e. The Kier molecular flexibility index (Phi) is 9.26. The second-order valence-corrected chi connectivity index (χ2v) is 19.5. The number of hydrogen-bond donors (Lipinski definition) is 0. The first kappa shape index (κ1) is 39.6. The lowest BCUT2D eigenvalue weighted by Crippen LogP contribution is -2.22. The van der Waals surface area contributed by atoms with Gasteiger partial charge in [-0.15, -0.1) is 0 Å². The van der Waals surface area contributed by atoms with Gasteiger partial charge in [0.2, 0.25) is 0 Å². The SMILES string of the molecule is CC(C)(C)c1ccc(-c2ccccc2N(c2ccc(-c3ccc4c(c3)C(C)(c3ccccc3)c3ccccc3-4)cc2)c2ccc(-c3cccc4c3C(C)(C)c3ccccc3-4)cc2)cc1. The fraction of sp³-hybridized carbons (Fsp3) is 0.143. The summed E-state index contributed by atoms with van der Waals surface area (Å²) in [5, 5.41) is 0. The number of rotatable bonds is 7. The molecular weight excluding hydrogens is 771 g/mol. The molecule has 1 atom stereocenters. The van der Waals surface area contributed by atoms with Crippen molar-refractivity contribution in [2.75, 3.05) is 4.90 Å². The van der Waals surface area contributed by atoms with Crippen molar-refractivity contribution in [3.05, 3.63) is 246 Å². The van der Waals surface area contributed by atoms with Crippen molar-refractivity contribution in [1.29, 1.82) is 0 Å². The Morgan fingerprint density at radius 2 is 0.844 bits per heavy atom. The predicted octanol–water partition coefficient (Wildman–Crippen LogP) is 17.1. The molecule has 1 heteroatoms. The summed E-state index contributed by atoms with van der Waals surface area (Å²) < 4.78 is 0. The lowest BCUT2D eigenvalue weighted by Gasteiger charge is -2.29. The Bertz CT molecular complexity index is 3200. The standard InChI is InChI=1S/C63H53N/c1-61(2,3)46-34-27-43(28-35-46)50-19-12-15-26-59(50)64(49-38-31-44(32-39-49)51-22-16-23-55-53-21-10-13-24-56(53)62(4,5)60(51)55)48-36-29-42(30-37-48)45-33-40-54-52-20-11-14-25-57(52)63(6,58(54)41-45)47-17-8-7-9-18-47/h7-41H,1-6H3. The molecule has 0 spiro atoms. The van der Waals surface area contributed by atoms with Crippen LogP contribution in [-0.4, -0.2) is 0 Å². The molecule has 2 aliphatic carbocycles. The molecule has 0 amide bonds. The molecule has 9 aromatic carbocycles. The lowest BCUT2D eigenvalue weighted by molar-refractivity contribution is 0.590. The van der Waals surface area contributed by atoms with Crippen LogP contribution >= 0.6 is 0 Å². The molecule has 0 saturated carbocycles. The smallest absolute Gasteiger partial charge is 0.0540 e. The molecule has 310 valence electrons. The monoisotopic (exact) mass is 823 g/mol. The maximum atomic E-state index is 2.44. The van der Waals surface area contributed by atoms with Gasteiger partial charge in [0.1, 0.15) is 0 Å². The highest BCUT2D eigenvalue weighted by atomic mass is 15.1. The van der Waals surface area contributed by atoms with E-state index < -0.39 is 0 Å². The van der Waals surface area contributed by atoms with Gasteiger partial charge in [-0.05, 0) is 132 Å². The average molecular weight is 824 g/mol. The van der Waals surface area contributed by atoms with Gasteiger partial charge in [-0.3, -0.25) is 0 Å². The first-order chi connectivity index (χ1) is 31.0. The van der Waals surface area contributed by atoms with Gasteiger partial charge in [-0.25, -0.2) is 0 Å². The van der Waals surface area contributed by atoms with Gasteiger partial charge in [0.05, 0.1) is 5.69 Å². The average Bonchev–Trinajstić information content (AvgIpc) is 3.73. The Labute approximate surface area is 379 Å². The summed E-state index contributed by atoms with van der Waals surface area (Å²) in [6, 6.07) is 79.1. The van der Waals surface area contributed by atoms with Crippen molar-refractivity contribution < 1.29 is 0 Å². The van der Waals surface area contributed by atoms with Crippen LogP contribution in [0.5, 0.6) is 0 Å². The summed E-state index contributed by atoms with van der Waals surface area (Å²) in [6.45, 7) is 14.0. The molecule has 0 radical (unpaired) electrons. The third kappa shape index (κ3) is 6.28. The van der Waals surface area contributed by atoms with E-state index in [1.165, 1.54) is 89.0 Å². The number of para-hydroxylation sites is 1. The summed E-state index contributed by atoms with van der Waals surface area (Å²) in [5.74, 6) is 0. The van der Waals surface area contributed by atoms with Gasteiger partial charge in [0, 0.05) is 27.8 Å². The molecule has 0 fully saturated rings. The van der Waals surface area contributed by atoms with Gasteiger partial charge >= 0.3 is 0 Å². The van der Waals surface area contributed by atoms with Crippen molar-refractivity contribution in [2.24, 2.45) is 0 Å².